The summed E-state index contributed by atoms with van der Waals surface area (Å²) in [5.74, 6) is 4.24. The average Bonchev–Trinajstić information content (AvgIpc) is 2.05. The maximum absolute atomic E-state index is 5.72. The molecule has 0 saturated carbocycles. The van der Waals surface area contributed by atoms with Crippen LogP contribution in [-0.2, 0) is 0 Å². The van der Waals surface area contributed by atoms with Gasteiger partial charge in [0.05, 0.1) is 0 Å². The molecule has 2 unspecified atom stereocenters. The highest BCUT2D eigenvalue weighted by Crippen LogP contribution is 2.30. The average molecular weight is 215 g/mol. The summed E-state index contributed by atoms with van der Waals surface area (Å²) in [7, 11) is 0. The first-order valence-electron chi connectivity index (χ1n) is 3.27. The Morgan fingerprint density at radius 3 is 2.30 bits per heavy atom. The van der Waals surface area contributed by atoms with Crippen LogP contribution >= 0.6 is 47.8 Å². The number of thiol groups is 1. The van der Waals surface area contributed by atoms with E-state index in [-0.39, 0.29) is 0 Å². The lowest BCUT2D eigenvalue weighted by atomic mass is 10.5. The molecule has 0 N–H and O–H groups in total. The van der Waals surface area contributed by atoms with Crippen molar-refractivity contribution in [2.24, 2.45) is 0 Å². The molecule has 0 spiro atoms. The summed E-state index contributed by atoms with van der Waals surface area (Å²) in [4.78, 5) is 0. The molecule has 60 valence electrons. The second-order valence-corrected chi connectivity index (χ2v) is 5.59. The molecular formula is C6H11ClS3. The van der Waals surface area contributed by atoms with Gasteiger partial charge in [-0.1, -0.05) is 0 Å². The summed E-state index contributed by atoms with van der Waals surface area (Å²) >= 11 is 14.0. The van der Waals surface area contributed by atoms with E-state index in [0.717, 1.165) is 16.9 Å². The van der Waals surface area contributed by atoms with Crippen LogP contribution in [0.5, 0.6) is 0 Å². The Balaban J connectivity index is 2.17. The molecule has 1 rings (SSSR count). The molecule has 0 bridgehead atoms. The van der Waals surface area contributed by atoms with Gasteiger partial charge in [0.2, 0.25) is 0 Å². The van der Waals surface area contributed by atoms with Gasteiger partial charge in [0.15, 0.2) is 0 Å². The van der Waals surface area contributed by atoms with Gasteiger partial charge in [-0.15, -0.1) is 11.6 Å². The van der Waals surface area contributed by atoms with Crippen molar-refractivity contribution < 1.29 is 0 Å². The summed E-state index contributed by atoms with van der Waals surface area (Å²) in [5, 5.41) is 1.44. The van der Waals surface area contributed by atoms with Gasteiger partial charge in [-0.3, -0.25) is 0 Å². The second kappa shape index (κ2) is 5.07. The van der Waals surface area contributed by atoms with Crippen molar-refractivity contribution in [3.63, 3.8) is 0 Å². The minimum absolute atomic E-state index is 0.683. The van der Waals surface area contributed by atoms with Gasteiger partial charge in [0.25, 0.3) is 0 Å². The Hall–Kier alpha value is 1.34. The SMILES string of the molecule is SCC1CSC(CCl)CS1. The number of thioether (sulfide) groups is 2. The maximum Gasteiger partial charge on any atom is 0.0350 e. The van der Waals surface area contributed by atoms with Crippen LogP contribution in [0.25, 0.3) is 0 Å². The fourth-order valence-electron chi connectivity index (χ4n) is 0.778. The van der Waals surface area contributed by atoms with Crippen LogP contribution < -0.4 is 0 Å². The summed E-state index contributed by atoms with van der Waals surface area (Å²) < 4.78 is 0. The highest BCUT2D eigenvalue weighted by Gasteiger charge is 2.19. The Morgan fingerprint density at radius 1 is 1.30 bits per heavy atom. The molecule has 0 aromatic rings. The molecule has 0 aromatic carbocycles. The first-order valence-corrected chi connectivity index (χ1v) is 6.53. The fraction of sp³-hybridized carbons (Fsp3) is 1.00. The van der Waals surface area contributed by atoms with Crippen molar-refractivity contribution in [1.29, 1.82) is 0 Å². The third kappa shape index (κ3) is 2.76. The molecule has 0 amide bonds. The lowest BCUT2D eigenvalue weighted by Gasteiger charge is -2.24. The summed E-state index contributed by atoms with van der Waals surface area (Å²) in [5.41, 5.74) is 0. The minimum atomic E-state index is 0.683. The van der Waals surface area contributed by atoms with Gasteiger partial charge in [-0.05, 0) is 0 Å². The molecule has 1 saturated heterocycles. The van der Waals surface area contributed by atoms with Crippen molar-refractivity contribution in [1.82, 2.24) is 0 Å². The van der Waals surface area contributed by atoms with Crippen LogP contribution in [-0.4, -0.2) is 33.6 Å². The van der Waals surface area contributed by atoms with E-state index >= 15 is 0 Å². The first kappa shape index (κ1) is 9.43. The summed E-state index contributed by atoms with van der Waals surface area (Å²) in [6.45, 7) is 0. The normalized spacial score (nSPS) is 34.2. The van der Waals surface area contributed by atoms with Crippen LogP contribution in [0, 0.1) is 0 Å². The molecule has 0 aromatic heterocycles. The molecule has 0 radical (unpaired) electrons. The predicted molar refractivity (Wildman–Crippen MR) is 57.1 cm³/mol. The van der Waals surface area contributed by atoms with Gasteiger partial charge in [0.1, 0.15) is 0 Å². The van der Waals surface area contributed by atoms with Gasteiger partial charge in [-0.25, -0.2) is 0 Å². The second-order valence-electron chi connectivity index (χ2n) is 2.25. The molecule has 10 heavy (non-hydrogen) atoms. The van der Waals surface area contributed by atoms with Gasteiger partial charge in [-0.2, -0.15) is 36.2 Å². The summed E-state index contributed by atoms with van der Waals surface area (Å²) in [6, 6.07) is 0. The van der Waals surface area contributed by atoms with Crippen LogP contribution in [0.2, 0.25) is 0 Å². The van der Waals surface area contributed by atoms with Crippen molar-refractivity contribution in [3.8, 4) is 0 Å². The summed E-state index contributed by atoms with van der Waals surface area (Å²) in [6.07, 6.45) is 0. The Kier molecular flexibility index (Phi) is 4.78. The third-order valence-electron chi connectivity index (χ3n) is 1.41. The van der Waals surface area contributed by atoms with E-state index in [9.17, 15) is 0 Å². The molecular weight excluding hydrogens is 204 g/mol. The Bertz CT molecular complexity index is 79.0. The minimum Gasteiger partial charge on any atom is -0.178 e. The van der Waals surface area contributed by atoms with E-state index in [1.54, 1.807) is 0 Å². The zero-order chi connectivity index (χ0) is 7.40. The predicted octanol–water partition coefficient (Wildman–Crippen LogP) is 2.37. The van der Waals surface area contributed by atoms with E-state index < -0.39 is 0 Å². The largest absolute Gasteiger partial charge is 0.178 e. The number of halogens is 1. The Morgan fingerprint density at radius 2 is 1.90 bits per heavy atom. The Labute approximate surface area is 81.3 Å². The molecule has 1 fully saturated rings. The van der Waals surface area contributed by atoms with Gasteiger partial charge in [0, 0.05) is 33.6 Å². The van der Waals surface area contributed by atoms with Gasteiger partial charge >= 0.3 is 0 Å². The molecule has 1 heterocycles. The zero-order valence-corrected chi connectivity index (χ0v) is 8.91. The first-order chi connectivity index (χ1) is 4.86. The molecule has 2 atom stereocenters. The number of hydrogen-bond acceptors (Lipinski definition) is 3. The van der Waals surface area contributed by atoms with Crippen molar-refractivity contribution in [2.75, 3.05) is 23.1 Å². The van der Waals surface area contributed by atoms with E-state index in [1.807, 2.05) is 23.5 Å². The van der Waals surface area contributed by atoms with E-state index in [4.69, 9.17) is 11.6 Å². The van der Waals surface area contributed by atoms with E-state index in [1.165, 1.54) is 11.5 Å². The zero-order valence-electron chi connectivity index (χ0n) is 5.62. The fourth-order valence-corrected chi connectivity index (χ4v) is 4.55. The van der Waals surface area contributed by atoms with Gasteiger partial charge < -0.3 is 0 Å². The third-order valence-corrected chi connectivity index (χ3v) is 5.88. The van der Waals surface area contributed by atoms with Crippen molar-refractivity contribution in [2.45, 2.75) is 10.5 Å². The molecule has 1 aliphatic heterocycles. The van der Waals surface area contributed by atoms with Crippen molar-refractivity contribution in [3.05, 3.63) is 0 Å². The molecule has 1 aliphatic rings. The molecule has 0 nitrogen and oxygen atoms in total. The number of hydrogen-bond donors (Lipinski definition) is 1. The smallest absolute Gasteiger partial charge is 0.0350 e. The van der Waals surface area contributed by atoms with Crippen LogP contribution in [0.1, 0.15) is 0 Å². The van der Waals surface area contributed by atoms with E-state index in [2.05, 4.69) is 12.6 Å². The standard InChI is InChI=1S/C6H11ClS3/c7-1-5-3-10-6(2-8)4-9-5/h5-6,8H,1-4H2. The van der Waals surface area contributed by atoms with Crippen LogP contribution in [0.4, 0.5) is 0 Å². The highest BCUT2D eigenvalue weighted by molar-refractivity contribution is 8.07. The number of alkyl halides is 1. The van der Waals surface area contributed by atoms with Crippen LogP contribution in [0.15, 0.2) is 0 Å². The molecule has 4 heteroatoms. The lowest BCUT2D eigenvalue weighted by molar-refractivity contribution is 1.06. The molecule has 0 aliphatic carbocycles. The highest BCUT2D eigenvalue weighted by atomic mass is 35.5. The topological polar surface area (TPSA) is 0 Å². The van der Waals surface area contributed by atoms with Crippen LogP contribution in [0.3, 0.4) is 0 Å². The van der Waals surface area contributed by atoms with E-state index in [0.29, 0.717) is 5.25 Å². The quantitative estimate of drug-likeness (QED) is 0.554. The number of rotatable bonds is 2. The lowest BCUT2D eigenvalue weighted by Crippen LogP contribution is -2.23. The monoisotopic (exact) mass is 214 g/mol. The maximum atomic E-state index is 5.72. The van der Waals surface area contributed by atoms with Crippen molar-refractivity contribution >= 4 is 47.8 Å².